The van der Waals surface area contributed by atoms with E-state index in [-0.39, 0.29) is 10.8 Å². The number of aryl methyl sites for hydroxylation is 1. The topological polar surface area (TPSA) is 84.3 Å². The van der Waals surface area contributed by atoms with E-state index in [1.165, 1.54) is 0 Å². The van der Waals surface area contributed by atoms with Crippen molar-refractivity contribution in [1.82, 2.24) is 14.1 Å². The number of nitrogens with one attached hydrogen (secondary N) is 1. The lowest BCUT2D eigenvalue weighted by Gasteiger charge is -2.26. The normalized spacial score (nSPS) is 14.9. The van der Waals surface area contributed by atoms with Crippen molar-refractivity contribution in [2.75, 3.05) is 18.4 Å². The fourth-order valence-electron chi connectivity index (χ4n) is 4.09. The average Bonchev–Trinajstić information content (AvgIpc) is 3.26. The first-order chi connectivity index (χ1) is 15.4. The predicted molar refractivity (Wildman–Crippen MR) is 125 cm³/mol. The van der Waals surface area contributed by atoms with Gasteiger partial charge in [0.2, 0.25) is 10.0 Å². The molecule has 32 heavy (non-hydrogen) atoms. The van der Waals surface area contributed by atoms with Crippen LogP contribution < -0.4 is 5.32 Å². The Labute approximate surface area is 189 Å². The molecule has 3 aromatic rings. The maximum atomic E-state index is 13.2. The SMILES string of the molecule is CCc1c(C(=O)Nc2ccc(C)c(S(=O)(=O)N3CCCCC3)c2)cnn1-c1ccccc1. The van der Waals surface area contributed by atoms with Gasteiger partial charge in [0.25, 0.3) is 5.91 Å². The Hall–Kier alpha value is -2.97. The van der Waals surface area contributed by atoms with Gasteiger partial charge in [0.1, 0.15) is 0 Å². The second-order valence-corrected chi connectivity index (χ2v) is 9.91. The van der Waals surface area contributed by atoms with Crippen LogP contribution in [0.4, 0.5) is 5.69 Å². The van der Waals surface area contributed by atoms with Crippen molar-refractivity contribution in [1.29, 1.82) is 0 Å². The molecular weight excluding hydrogens is 424 g/mol. The molecule has 0 unspecified atom stereocenters. The summed E-state index contributed by atoms with van der Waals surface area (Å²) in [6.07, 6.45) is 4.98. The molecule has 1 N–H and O–H groups in total. The Bertz CT molecular complexity index is 1210. The highest BCUT2D eigenvalue weighted by Crippen LogP contribution is 2.26. The molecule has 4 rings (SSSR count). The molecule has 1 aliphatic heterocycles. The molecular formula is C24H28N4O3S. The first-order valence-corrected chi connectivity index (χ1v) is 12.4. The zero-order chi connectivity index (χ0) is 22.7. The lowest BCUT2D eigenvalue weighted by Crippen LogP contribution is -2.36. The lowest BCUT2D eigenvalue weighted by molar-refractivity contribution is 0.102. The Balaban J connectivity index is 1.61. The van der Waals surface area contributed by atoms with Crippen LogP contribution in [0.15, 0.2) is 59.6 Å². The molecule has 8 heteroatoms. The third kappa shape index (κ3) is 4.33. The number of amides is 1. The summed E-state index contributed by atoms with van der Waals surface area (Å²) < 4.78 is 29.7. The molecule has 0 atom stereocenters. The van der Waals surface area contributed by atoms with Gasteiger partial charge in [0.05, 0.1) is 28.0 Å². The van der Waals surface area contributed by atoms with Gasteiger partial charge in [-0.05, 0) is 56.0 Å². The number of nitrogens with zero attached hydrogens (tertiary/aromatic N) is 3. The van der Waals surface area contributed by atoms with Crippen LogP contribution in [0.1, 0.15) is 47.8 Å². The van der Waals surface area contributed by atoms with Crippen molar-refractivity contribution in [3.05, 3.63) is 71.5 Å². The van der Waals surface area contributed by atoms with Gasteiger partial charge in [0, 0.05) is 18.8 Å². The number of rotatable bonds is 6. The quantitative estimate of drug-likeness (QED) is 0.608. The van der Waals surface area contributed by atoms with E-state index in [1.54, 1.807) is 40.3 Å². The average molecular weight is 453 g/mol. The van der Waals surface area contributed by atoms with E-state index in [0.29, 0.717) is 36.3 Å². The van der Waals surface area contributed by atoms with Crippen LogP contribution in [0, 0.1) is 6.92 Å². The molecule has 2 heterocycles. The van der Waals surface area contributed by atoms with Crippen molar-refractivity contribution < 1.29 is 13.2 Å². The summed E-state index contributed by atoms with van der Waals surface area (Å²) in [6, 6.07) is 14.7. The van der Waals surface area contributed by atoms with Crippen molar-refractivity contribution >= 4 is 21.6 Å². The summed E-state index contributed by atoms with van der Waals surface area (Å²) in [6.45, 7) is 4.83. The molecule has 1 aliphatic rings. The van der Waals surface area contributed by atoms with Gasteiger partial charge in [-0.25, -0.2) is 13.1 Å². The van der Waals surface area contributed by atoms with Gasteiger partial charge >= 0.3 is 0 Å². The molecule has 2 aromatic carbocycles. The standard InChI is InChI=1S/C24H28N4O3S/c1-3-22-21(17-25-28(22)20-10-6-4-7-11-20)24(29)26-19-13-12-18(2)23(16-19)32(30,31)27-14-8-5-9-15-27/h4,6-7,10-13,16-17H,3,5,8-9,14-15H2,1-2H3,(H,26,29). The molecule has 1 amide bonds. The highest BCUT2D eigenvalue weighted by atomic mass is 32.2. The number of sulfonamides is 1. The summed E-state index contributed by atoms with van der Waals surface area (Å²) in [5, 5.41) is 7.27. The lowest BCUT2D eigenvalue weighted by atomic mass is 10.1. The number of carbonyl (C=O) groups is 1. The third-order valence-corrected chi connectivity index (χ3v) is 7.87. The van der Waals surface area contributed by atoms with E-state index in [9.17, 15) is 13.2 Å². The Morgan fingerprint density at radius 2 is 1.78 bits per heavy atom. The van der Waals surface area contributed by atoms with E-state index in [0.717, 1.165) is 30.6 Å². The minimum absolute atomic E-state index is 0.243. The van der Waals surface area contributed by atoms with Crippen LogP contribution >= 0.6 is 0 Å². The van der Waals surface area contributed by atoms with E-state index in [1.807, 2.05) is 37.3 Å². The van der Waals surface area contributed by atoms with Crippen molar-refractivity contribution in [3.63, 3.8) is 0 Å². The number of carbonyl (C=O) groups excluding carboxylic acids is 1. The monoisotopic (exact) mass is 452 g/mol. The smallest absolute Gasteiger partial charge is 0.259 e. The molecule has 7 nitrogen and oxygen atoms in total. The Morgan fingerprint density at radius 3 is 2.47 bits per heavy atom. The fourth-order valence-corrected chi connectivity index (χ4v) is 5.86. The van der Waals surface area contributed by atoms with Gasteiger partial charge in [-0.1, -0.05) is 37.6 Å². The number of aromatic nitrogens is 2. The predicted octanol–water partition coefficient (Wildman–Crippen LogP) is 4.17. The molecule has 1 saturated heterocycles. The van der Waals surface area contributed by atoms with Gasteiger partial charge in [-0.2, -0.15) is 9.40 Å². The maximum Gasteiger partial charge on any atom is 0.259 e. The van der Waals surface area contributed by atoms with Crippen molar-refractivity contribution in [2.45, 2.75) is 44.4 Å². The second kappa shape index (κ2) is 9.26. The first-order valence-electron chi connectivity index (χ1n) is 11.0. The molecule has 0 bridgehead atoms. The van der Waals surface area contributed by atoms with Gasteiger partial charge in [0.15, 0.2) is 0 Å². The minimum atomic E-state index is -3.59. The molecule has 168 valence electrons. The zero-order valence-corrected chi connectivity index (χ0v) is 19.2. The van der Waals surface area contributed by atoms with E-state index in [2.05, 4.69) is 10.4 Å². The fraction of sp³-hybridized carbons (Fsp3) is 0.333. The van der Waals surface area contributed by atoms with Crippen LogP contribution in [0.2, 0.25) is 0 Å². The number of hydrogen-bond acceptors (Lipinski definition) is 4. The van der Waals surface area contributed by atoms with Gasteiger partial charge in [-0.15, -0.1) is 0 Å². The van der Waals surface area contributed by atoms with Crippen LogP contribution in [0.3, 0.4) is 0 Å². The minimum Gasteiger partial charge on any atom is -0.322 e. The Morgan fingerprint density at radius 1 is 1.06 bits per heavy atom. The summed E-state index contributed by atoms with van der Waals surface area (Å²) >= 11 is 0. The van der Waals surface area contributed by atoms with Crippen LogP contribution in [-0.2, 0) is 16.4 Å². The Kier molecular flexibility index (Phi) is 6.43. The summed E-state index contributed by atoms with van der Waals surface area (Å²) in [7, 11) is -3.59. The first kappa shape index (κ1) is 22.2. The van der Waals surface area contributed by atoms with Gasteiger partial charge < -0.3 is 5.32 Å². The van der Waals surface area contributed by atoms with E-state index >= 15 is 0 Å². The van der Waals surface area contributed by atoms with Crippen LogP contribution in [-0.4, -0.2) is 41.5 Å². The van der Waals surface area contributed by atoms with Crippen LogP contribution in [0.5, 0.6) is 0 Å². The van der Waals surface area contributed by atoms with E-state index < -0.39 is 10.0 Å². The number of piperidine rings is 1. The number of para-hydroxylation sites is 1. The maximum absolute atomic E-state index is 13.2. The zero-order valence-electron chi connectivity index (χ0n) is 18.4. The largest absolute Gasteiger partial charge is 0.322 e. The molecule has 0 spiro atoms. The summed E-state index contributed by atoms with van der Waals surface area (Å²) in [4.78, 5) is 13.3. The van der Waals surface area contributed by atoms with Gasteiger partial charge in [-0.3, -0.25) is 4.79 Å². The highest BCUT2D eigenvalue weighted by Gasteiger charge is 2.28. The molecule has 0 radical (unpaired) electrons. The van der Waals surface area contributed by atoms with E-state index in [4.69, 9.17) is 0 Å². The second-order valence-electron chi connectivity index (χ2n) is 8.00. The van der Waals surface area contributed by atoms with Crippen LogP contribution in [0.25, 0.3) is 5.69 Å². The van der Waals surface area contributed by atoms with Crippen molar-refractivity contribution in [2.24, 2.45) is 0 Å². The number of hydrogen-bond donors (Lipinski definition) is 1. The van der Waals surface area contributed by atoms with Crippen molar-refractivity contribution in [3.8, 4) is 5.69 Å². The molecule has 1 fully saturated rings. The molecule has 1 aromatic heterocycles. The molecule has 0 aliphatic carbocycles. The summed E-state index contributed by atoms with van der Waals surface area (Å²) in [5.74, 6) is -0.311. The number of anilines is 1. The third-order valence-electron chi connectivity index (χ3n) is 5.83. The highest BCUT2D eigenvalue weighted by molar-refractivity contribution is 7.89. The number of benzene rings is 2. The summed E-state index contributed by atoms with van der Waals surface area (Å²) in [5.41, 5.74) is 3.26. The molecule has 0 saturated carbocycles.